The SMILES string of the molecule is CN(C)c1ccc(S(=O)(=O)N2CCC3=Cc4c(cnn4-c4ccc(F)cc4)CC3(C(=O)c3ccccn3)C2)cn1. The maximum absolute atomic E-state index is 14.2. The molecule has 0 radical (unpaired) electrons. The van der Waals surface area contributed by atoms with Crippen LogP contribution in [0, 0.1) is 11.2 Å². The maximum atomic E-state index is 14.2. The molecule has 6 rings (SSSR count). The molecule has 3 aromatic heterocycles. The van der Waals surface area contributed by atoms with Gasteiger partial charge in [-0.25, -0.2) is 22.5 Å². The van der Waals surface area contributed by atoms with E-state index in [0.29, 0.717) is 17.9 Å². The molecule has 0 saturated carbocycles. The summed E-state index contributed by atoms with van der Waals surface area (Å²) >= 11 is 0. The third-order valence-corrected chi connectivity index (χ3v) is 9.43. The monoisotopic (exact) mass is 558 g/mol. The molecule has 1 aromatic carbocycles. The summed E-state index contributed by atoms with van der Waals surface area (Å²) in [7, 11) is -0.270. The molecule has 1 aliphatic heterocycles. The quantitative estimate of drug-likeness (QED) is 0.332. The number of aromatic nitrogens is 4. The predicted molar refractivity (Wildman–Crippen MR) is 148 cm³/mol. The molecule has 0 amide bonds. The van der Waals surface area contributed by atoms with Crippen molar-refractivity contribution in [3.8, 4) is 5.69 Å². The van der Waals surface area contributed by atoms with Gasteiger partial charge in [-0.1, -0.05) is 11.6 Å². The molecule has 9 nitrogen and oxygen atoms in total. The molecule has 0 bridgehead atoms. The zero-order valence-corrected chi connectivity index (χ0v) is 22.8. The zero-order chi connectivity index (χ0) is 28.1. The Kier molecular flexibility index (Phi) is 6.35. The van der Waals surface area contributed by atoms with Crippen molar-refractivity contribution in [2.75, 3.05) is 32.1 Å². The van der Waals surface area contributed by atoms with Gasteiger partial charge in [-0.15, -0.1) is 0 Å². The fourth-order valence-corrected chi connectivity index (χ4v) is 6.94. The second-order valence-electron chi connectivity index (χ2n) is 10.3. The lowest BCUT2D eigenvalue weighted by Crippen LogP contribution is -2.53. The molecule has 1 saturated heterocycles. The number of ketones is 1. The summed E-state index contributed by atoms with van der Waals surface area (Å²) in [6.45, 7) is 0.175. The van der Waals surface area contributed by atoms with Crippen LogP contribution in [0.25, 0.3) is 11.8 Å². The minimum Gasteiger partial charge on any atom is -0.363 e. The highest BCUT2D eigenvalue weighted by molar-refractivity contribution is 7.89. The largest absolute Gasteiger partial charge is 0.363 e. The van der Waals surface area contributed by atoms with Gasteiger partial charge in [0.05, 0.1) is 23.0 Å². The van der Waals surface area contributed by atoms with Crippen LogP contribution in [0.1, 0.15) is 28.2 Å². The molecule has 1 aliphatic carbocycles. The third-order valence-electron chi connectivity index (χ3n) is 7.60. The van der Waals surface area contributed by atoms with Crippen molar-refractivity contribution in [2.45, 2.75) is 17.7 Å². The van der Waals surface area contributed by atoms with Crippen LogP contribution in [-0.4, -0.2) is 65.4 Å². The van der Waals surface area contributed by atoms with Crippen molar-refractivity contribution in [1.29, 1.82) is 0 Å². The van der Waals surface area contributed by atoms with Crippen molar-refractivity contribution in [3.63, 3.8) is 0 Å². The third kappa shape index (κ3) is 4.31. The van der Waals surface area contributed by atoms with Gasteiger partial charge in [0.15, 0.2) is 5.78 Å². The van der Waals surface area contributed by atoms with E-state index in [-0.39, 0.29) is 41.7 Å². The smallest absolute Gasteiger partial charge is 0.244 e. The minimum atomic E-state index is -3.93. The summed E-state index contributed by atoms with van der Waals surface area (Å²) in [5, 5.41) is 4.54. The number of Topliss-reactive ketones (excluding diaryl/α,β-unsaturated/α-hetero) is 1. The van der Waals surface area contributed by atoms with Crippen molar-refractivity contribution in [1.82, 2.24) is 24.1 Å². The standard InChI is InChI=1S/C29H27FN6O3S/c1-34(2)27-11-10-24(18-32-27)40(38,39)35-14-12-21-15-26-20(17-33-36(26)23-8-6-22(30)7-9-23)16-29(21,19-35)28(37)25-5-3-4-13-31-25/h3-11,13,15,17-18H,12,14,16,19H2,1-2H3. The second-order valence-corrected chi connectivity index (χ2v) is 12.2. The number of pyridine rings is 2. The molecule has 4 aromatic rings. The van der Waals surface area contributed by atoms with Gasteiger partial charge in [-0.3, -0.25) is 9.78 Å². The Hall–Kier alpha value is -4.22. The Bertz CT molecular complexity index is 1720. The average Bonchev–Trinajstić information content (AvgIpc) is 3.38. The van der Waals surface area contributed by atoms with Crippen LogP contribution < -0.4 is 4.90 Å². The molecule has 4 heterocycles. The summed E-state index contributed by atoms with van der Waals surface area (Å²) in [6, 6.07) is 14.4. The number of halogens is 1. The number of carbonyl (C=O) groups is 1. The number of piperidine rings is 1. The number of carbonyl (C=O) groups excluding carboxylic acids is 1. The van der Waals surface area contributed by atoms with Crippen LogP contribution in [0.4, 0.5) is 10.2 Å². The fraction of sp³-hybridized carbons (Fsp3) is 0.241. The summed E-state index contributed by atoms with van der Waals surface area (Å²) in [5.74, 6) is 0.0614. The first-order valence-electron chi connectivity index (χ1n) is 12.8. The van der Waals surface area contributed by atoms with Gasteiger partial charge in [0.2, 0.25) is 10.0 Å². The van der Waals surface area contributed by atoms with E-state index in [1.54, 1.807) is 64.4 Å². The molecule has 11 heteroatoms. The number of fused-ring (bicyclic) bond motifs is 2. The van der Waals surface area contributed by atoms with E-state index < -0.39 is 15.4 Å². The second kappa shape index (κ2) is 9.76. The van der Waals surface area contributed by atoms with E-state index >= 15 is 0 Å². The molecular formula is C29H27FN6O3S. The van der Waals surface area contributed by atoms with Crippen LogP contribution in [0.2, 0.25) is 0 Å². The van der Waals surface area contributed by atoms with Crippen LogP contribution in [0.15, 0.2) is 83.7 Å². The van der Waals surface area contributed by atoms with Crippen LogP contribution >= 0.6 is 0 Å². The Morgan fingerprint density at radius 2 is 1.82 bits per heavy atom. The van der Waals surface area contributed by atoms with Gasteiger partial charge in [0.25, 0.3) is 0 Å². The van der Waals surface area contributed by atoms with Crippen molar-refractivity contribution in [2.24, 2.45) is 5.41 Å². The van der Waals surface area contributed by atoms with Gasteiger partial charge in [-0.2, -0.15) is 9.40 Å². The van der Waals surface area contributed by atoms with E-state index in [1.165, 1.54) is 22.6 Å². The average molecular weight is 559 g/mol. The first-order valence-corrected chi connectivity index (χ1v) is 14.3. The van der Waals surface area contributed by atoms with E-state index in [9.17, 15) is 17.6 Å². The molecule has 40 heavy (non-hydrogen) atoms. The van der Waals surface area contributed by atoms with Crippen molar-refractivity contribution < 1.29 is 17.6 Å². The summed E-state index contributed by atoms with van der Waals surface area (Å²) in [5.41, 5.74) is 2.24. The van der Waals surface area contributed by atoms with Gasteiger partial charge in [0, 0.05) is 39.6 Å². The van der Waals surface area contributed by atoms with E-state index in [1.807, 2.05) is 20.2 Å². The number of hydrogen-bond acceptors (Lipinski definition) is 7. The molecule has 0 spiro atoms. The highest BCUT2D eigenvalue weighted by Crippen LogP contribution is 2.47. The van der Waals surface area contributed by atoms with Crippen LogP contribution in [0.5, 0.6) is 0 Å². The number of hydrogen-bond donors (Lipinski definition) is 0. The molecule has 204 valence electrons. The van der Waals surface area contributed by atoms with Gasteiger partial charge >= 0.3 is 0 Å². The summed E-state index contributed by atoms with van der Waals surface area (Å²) in [6.07, 6.45) is 7.16. The van der Waals surface area contributed by atoms with Crippen molar-refractivity contribution >= 4 is 27.7 Å². The maximum Gasteiger partial charge on any atom is 0.244 e. The lowest BCUT2D eigenvalue weighted by molar-refractivity contribution is 0.0770. The molecule has 1 unspecified atom stereocenters. The molecular weight excluding hydrogens is 531 g/mol. The Labute approximate surface area is 231 Å². The van der Waals surface area contributed by atoms with Gasteiger partial charge in [-0.05, 0) is 73.0 Å². The first-order chi connectivity index (χ1) is 19.2. The highest BCUT2D eigenvalue weighted by atomic mass is 32.2. The Morgan fingerprint density at radius 3 is 2.50 bits per heavy atom. The summed E-state index contributed by atoms with van der Waals surface area (Å²) < 4.78 is 44.2. The normalized spacial score (nSPS) is 18.9. The van der Waals surface area contributed by atoms with E-state index in [0.717, 1.165) is 16.8 Å². The first kappa shape index (κ1) is 26.0. The number of rotatable bonds is 6. The van der Waals surface area contributed by atoms with E-state index in [4.69, 9.17) is 0 Å². The number of nitrogens with zero attached hydrogens (tertiary/aromatic N) is 6. The predicted octanol–water partition coefficient (Wildman–Crippen LogP) is 3.77. The zero-order valence-electron chi connectivity index (χ0n) is 22.0. The van der Waals surface area contributed by atoms with Gasteiger partial charge < -0.3 is 4.90 Å². The van der Waals surface area contributed by atoms with Gasteiger partial charge in [0.1, 0.15) is 22.2 Å². The number of anilines is 1. The lowest BCUT2D eigenvalue weighted by atomic mass is 9.65. The number of sulfonamides is 1. The molecule has 1 atom stereocenters. The molecule has 1 fully saturated rings. The lowest BCUT2D eigenvalue weighted by Gasteiger charge is -2.44. The minimum absolute atomic E-state index is 0.0345. The topological polar surface area (TPSA) is 101 Å². The Morgan fingerprint density at radius 1 is 1.02 bits per heavy atom. The molecule has 2 aliphatic rings. The van der Waals surface area contributed by atoms with Crippen LogP contribution in [-0.2, 0) is 16.4 Å². The highest BCUT2D eigenvalue weighted by Gasteiger charge is 2.51. The van der Waals surface area contributed by atoms with E-state index in [2.05, 4.69) is 15.1 Å². The summed E-state index contributed by atoms with van der Waals surface area (Å²) in [4.78, 5) is 24.7. The van der Waals surface area contributed by atoms with Crippen LogP contribution in [0.3, 0.4) is 0 Å². The number of benzene rings is 1. The molecule has 0 N–H and O–H groups in total. The fourth-order valence-electron chi connectivity index (χ4n) is 5.49. The Balaban J connectivity index is 1.42. The van der Waals surface area contributed by atoms with Crippen molar-refractivity contribution in [3.05, 3.63) is 102 Å².